The minimum atomic E-state index is -0.599. The normalized spacial score (nSPS) is 11.2. The average Bonchev–Trinajstić information content (AvgIpc) is 3.12. The molecule has 1 heterocycles. The third-order valence-electron chi connectivity index (χ3n) is 5.04. The monoisotopic (exact) mass is 482 g/mol. The summed E-state index contributed by atoms with van der Waals surface area (Å²) in [6.07, 6.45) is 0. The molecular formula is C24H30N6O3S. The molecule has 1 aromatic heterocycles. The number of anilines is 1. The third-order valence-corrected chi connectivity index (χ3v) is 5.98. The van der Waals surface area contributed by atoms with Crippen LogP contribution in [0.25, 0.3) is 0 Å². The molecule has 3 aromatic rings. The van der Waals surface area contributed by atoms with Crippen molar-refractivity contribution in [1.29, 1.82) is 0 Å². The number of urea groups is 1. The molecule has 0 saturated carbocycles. The highest BCUT2D eigenvalue weighted by Crippen LogP contribution is 2.24. The van der Waals surface area contributed by atoms with Gasteiger partial charge in [-0.15, -0.1) is 10.2 Å². The number of aryl methyl sites for hydroxylation is 2. The Labute approximate surface area is 203 Å². The molecule has 4 N–H and O–H groups in total. The number of aromatic nitrogens is 3. The maximum absolute atomic E-state index is 12.2. The molecule has 9 nitrogen and oxygen atoms in total. The first kappa shape index (κ1) is 25.1. The Hall–Kier alpha value is -3.53. The number of nitrogen functional groups attached to an aromatic ring is 1. The predicted molar refractivity (Wildman–Crippen MR) is 133 cm³/mol. The molecular weight excluding hydrogens is 452 g/mol. The fourth-order valence-electron chi connectivity index (χ4n) is 3.10. The zero-order chi connectivity index (χ0) is 24.9. The predicted octanol–water partition coefficient (Wildman–Crippen LogP) is 3.93. The van der Waals surface area contributed by atoms with E-state index < -0.39 is 11.9 Å². The van der Waals surface area contributed by atoms with Gasteiger partial charge in [0.15, 0.2) is 5.82 Å². The summed E-state index contributed by atoms with van der Waals surface area (Å²) in [5.41, 5.74) is 3.91. The SMILES string of the molecule is Cc1ccc(NC(=O)NC(=O)CSc2nnc(COc3ccc(C(C)(C)C)cc3)n2N)c(C)c1. The minimum absolute atomic E-state index is 0.0508. The van der Waals surface area contributed by atoms with E-state index in [1.165, 1.54) is 10.2 Å². The van der Waals surface area contributed by atoms with Gasteiger partial charge in [-0.25, -0.2) is 9.47 Å². The summed E-state index contributed by atoms with van der Waals surface area (Å²) in [5.74, 6) is 6.62. The van der Waals surface area contributed by atoms with Crippen molar-refractivity contribution in [3.05, 3.63) is 65.0 Å². The number of nitrogens with two attached hydrogens (primary N) is 1. The van der Waals surface area contributed by atoms with Crippen molar-refractivity contribution in [1.82, 2.24) is 20.2 Å². The molecule has 0 bridgehead atoms. The van der Waals surface area contributed by atoms with Crippen LogP contribution in [0, 0.1) is 13.8 Å². The maximum Gasteiger partial charge on any atom is 0.325 e. The van der Waals surface area contributed by atoms with Crippen molar-refractivity contribution >= 4 is 29.4 Å². The Kier molecular flexibility index (Phi) is 7.83. The average molecular weight is 483 g/mol. The van der Waals surface area contributed by atoms with Crippen molar-refractivity contribution < 1.29 is 14.3 Å². The number of imide groups is 1. The number of hydrogen-bond donors (Lipinski definition) is 3. The molecule has 0 aliphatic rings. The third kappa shape index (κ3) is 6.74. The molecule has 0 aliphatic carbocycles. The van der Waals surface area contributed by atoms with E-state index in [2.05, 4.69) is 41.6 Å². The number of rotatable bonds is 7. The van der Waals surface area contributed by atoms with Gasteiger partial charge in [-0.3, -0.25) is 10.1 Å². The van der Waals surface area contributed by atoms with Gasteiger partial charge >= 0.3 is 6.03 Å². The van der Waals surface area contributed by atoms with Gasteiger partial charge in [-0.2, -0.15) is 0 Å². The summed E-state index contributed by atoms with van der Waals surface area (Å²) in [6, 6.07) is 12.9. The van der Waals surface area contributed by atoms with E-state index in [-0.39, 0.29) is 17.8 Å². The number of thioether (sulfide) groups is 1. The summed E-state index contributed by atoms with van der Waals surface area (Å²) >= 11 is 1.07. The second-order valence-corrected chi connectivity index (χ2v) is 9.88. The van der Waals surface area contributed by atoms with Gasteiger partial charge in [0.05, 0.1) is 5.75 Å². The first-order valence-electron chi connectivity index (χ1n) is 10.8. The van der Waals surface area contributed by atoms with Crippen LogP contribution in [0.2, 0.25) is 0 Å². The largest absolute Gasteiger partial charge is 0.486 e. The van der Waals surface area contributed by atoms with Crippen LogP contribution in [0.3, 0.4) is 0 Å². The van der Waals surface area contributed by atoms with Crippen molar-refractivity contribution in [3.8, 4) is 5.75 Å². The van der Waals surface area contributed by atoms with Crippen LogP contribution < -0.4 is 21.2 Å². The Balaban J connectivity index is 1.48. The Bertz CT molecular complexity index is 1170. The molecule has 0 radical (unpaired) electrons. The summed E-state index contributed by atoms with van der Waals surface area (Å²) in [7, 11) is 0. The first-order valence-corrected chi connectivity index (χ1v) is 11.7. The number of nitrogens with zero attached hydrogens (tertiary/aromatic N) is 3. The molecule has 34 heavy (non-hydrogen) atoms. The Morgan fingerprint density at radius 2 is 1.79 bits per heavy atom. The van der Waals surface area contributed by atoms with Crippen LogP contribution in [-0.4, -0.2) is 32.6 Å². The minimum Gasteiger partial charge on any atom is -0.486 e. The lowest BCUT2D eigenvalue weighted by Crippen LogP contribution is -2.35. The van der Waals surface area contributed by atoms with Crippen molar-refractivity contribution in [2.75, 3.05) is 16.9 Å². The van der Waals surface area contributed by atoms with Crippen LogP contribution in [0.5, 0.6) is 5.75 Å². The van der Waals surface area contributed by atoms with E-state index in [4.69, 9.17) is 10.6 Å². The van der Waals surface area contributed by atoms with Crippen LogP contribution in [0.1, 0.15) is 43.3 Å². The van der Waals surface area contributed by atoms with Gasteiger partial charge in [0.2, 0.25) is 11.1 Å². The fourth-order valence-corrected chi connectivity index (χ4v) is 3.78. The second-order valence-electron chi connectivity index (χ2n) is 8.94. The van der Waals surface area contributed by atoms with E-state index in [1.54, 1.807) is 6.07 Å². The number of benzene rings is 2. The Morgan fingerprint density at radius 3 is 2.44 bits per heavy atom. The fraction of sp³-hybridized carbons (Fsp3) is 0.333. The molecule has 0 fully saturated rings. The smallest absolute Gasteiger partial charge is 0.325 e. The Morgan fingerprint density at radius 1 is 1.09 bits per heavy atom. The van der Waals surface area contributed by atoms with E-state index in [1.807, 2.05) is 50.2 Å². The lowest BCUT2D eigenvalue weighted by atomic mass is 9.87. The van der Waals surface area contributed by atoms with Crippen molar-refractivity contribution in [2.24, 2.45) is 0 Å². The van der Waals surface area contributed by atoms with Gasteiger partial charge in [0.25, 0.3) is 0 Å². The van der Waals surface area contributed by atoms with Gasteiger partial charge < -0.3 is 15.9 Å². The highest BCUT2D eigenvalue weighted by Gasteiger charge is 2.16. The highest BCUT2D eigenvalue weighted by atomic mass is 32.2. The lowest BCUT2D eigenvalue weighted by molar-refractivity contribution is -0.117. The van der Waals surface area contributed by atoms with Crippen LogP contribution in [0.15, 0.2) is 47.6 Å². The van der Waals surface area contributed by atoms with E-state index in [0.29, 0.717) is 22.4 Å². The molecule has 3 rings (SSSR count). The van der Waals surface area contributed by atoms with Gasteiger partial charge in [-0.05, 0) is 48.6 Å². The maximum atomic E-state index is 12.2. The van der Waals surface area contributed by atoms with E-state index >= 15 is 0 Å². The summed E-state index contributed by atoms with van der Waals surface area (Å²) in [5, 5.41) is 13.3. The zero-order valence-corrected chi connectivity index (χ0v) is 20.8. The number of carbonyl (C=O) groups excluding carboxylic acids is 2. The quantitative estimate of drug-likeness (QED) is 0.344. The van der Waals surface area contributed by atoms with Crippen molar-refractivity contribution in [3.63, 3.8) is 0 Å². The molecule has 0 atom stereocenters. The highest BCUT2D eigenvalue weighted by molar-refractivity contribution is 7.99. The number of nitrogens with one attached hydrogen (secondary N) is 2. The first-order chi connectivity index (χ1) is 16.0. The lowest BCUT2D eigenvalue weighted by Gasteiger charge is -2.19. The van der Waals surface area contributed by atoms with Crippen molar-refractivity contribution in [2.45, 2.75) is 51.8 Å². The zero-order valence-electron chi connectivity index (χ0n) is 20.0. The van der Waals surface area contributed by atoms with Crippen LogP contribution in [0.4, 0.5) is 10.5 Å². The van der Waals surface area contributed by atoms with Crippen LogP contribution in [-0.2, 0) is 16.8 Å². The summed E-state index contributed by atoms with van der Waals surface area (Å²) in [4.78, 5) is 24.3. The van der Waals surface area contributed by atoms with E-state index in [9.17, 15) is 9.59 Å². The van der Waals surface area contributed by atoms with Gasteiger partial charge in [-0.1, -0.05) is 62.4 Å². The van der Waals surface area contributed by atoms with Gasteiger partial charge in [0, 0.05) is 5.69 Å². The standard InChI is InChI=1S/C24H30N6O3S/c1-15-6-11-19(16(2)12-15)26-22(32)27-21(31)14-34-23-29-28-20(30(23)25)13-33-18-9-7-17(8-10-18)24(3,4)5/h6-12H,13-14,25H2,1-5H3,(H2,26,27,31,32). The molecule has 3 amide bonds. The number of amides is 3. The van der Waals surface area contributed by atoms with Gasteiger partial charge in [0.1, 0.15) is 12.4 Å². The summed E-state index contributed by atoms with van der Waals surface area (Å²) < 4.78 is 7.04. The van der Waals surface area contributed by atoms with Crippen LogP contribution >= 0.6 is 11.8 Å². The molecule has 180 valence electrons. The second kappa shape index (κ2) is 10.6. The number of carbonyl (C=O) groups is 2. The summed E-state index contributed by atoms with van der Waals surface area (Å²) in [6.45, 7) is 10.4. The van der Waals surface area contributed by atoms with E-state index in [0.717, 1.165) is 22.9 Å². The molecule has 0 aliphatic heterocycles. The number of ether oxygens (including phenoxy) is 1. The molecule has 2 aromatic carbocycles. The topological polar surface area (TPSA) is 124 Å². The molecule has 10 heteroatoms. The molecule has 0 spiro atoms. The number of hydrogen-bond acceptors (Lipinski definition) is 7. The molecule has 0 saturated heterocycles. The molecule has 0 unspecified atom stereocenters.